The van der Waals surface area contributed by atoms with E-state index < -0.39 is 8.32 Å². The molecule has 2 unspecified atom stereocenters. The van der Waals surface area contributed by atoms with Crippen LogP contribution in [0.3, 0.4) is 0 Å². The monoisotopic (exact) mass is 532 g/mol. The molecule has 38 heavy (non-hydrogen) atoms. The predicted octanol–water partition coefficient (Wildman–Crippen LogP) is 7.26. The Morgan fingerprint density at radius 1 is 1.08 bits per heavy atom. The molecule has 0 bridgehead atoms. The Morgan fingerprint density at radius 2 is 1.63 bits per heavy atom. The fourth-order valence-electron chi connectivity index (χ4n) is 6.52. The average molecular weight is 533 g/mol. The molecule has 0 radical (unpaired) electrons. The van der Waals surface area contributed by atoms with Crippen molar-refractivity contribution in [3.05, 3.63) is 84.0 Å². The van der Waals surface area contributed by atoms with E-state index in [1.807, 2.05) is 0 Å². The zero-order chi connectivity index (χ0) is 28.0. The Balaban J connectivity index is 1.73. The normalized spacial score (nSPS) is 18.8. The van der Waals surface area contributed by atoms with Crippen molar-refractivity contribution in [1.29, 1.82) is 0 Å². The topological polar surface area (TPSA) is 35.5 Å². The maximum Gasteiger partial charge on any atom is 0.261 e. The zero-order valence-electron chi connectivity index (χ0n) is 24.7. The number of aldehydes is 1. The van der Waals surface area contributed by atoms with Gasteiger partial charge in [-0.2, -0.15) is 0 Å². The Hall–Kier alpha value is -2.27. The van der Waals surface area contributed by atoms with Crippen LogP contribution in [0.5, 0.6) is 0 Å². The van der Waals surface area contributed by atoms with E-state index in [0.29, 0.717) is 6.61 Å². The van der Waals surface area contributed by atoms with E-state index in [4.69, 9.17) is 9.16 Å². The lowest BCUT2D eigenvalue weighted by Gasteiger charge is -2.43. The molecule has 3 nitrogen and oxygen atoms in total. The standard InChI is InChI=1S/C34H48O3Si/c1-26(24-31(36-8)32-27(2)21-22-28(25-35)34(32,6)7)16-15-23-37-38(33(3,4)5,29-17-11-9-12-18-29)30-19-13-10-14-20-30/h9-14,17-20,25,28,31H,1,15-16,21-24H2,2-8H3. The number of carbonyl (C=O) groups excluding carboxylic acids is 1. The van der Waals surface area contributed by atoms with Crippen LogP contribution in [-0.4, -0.2) is 34.4 Å². The molecule has 0 spiro atoms. The van der Waals surface area contributed by atoms with Crippen LogP contribution in [0.4, 0.5) is 0 Å². The van der Waals surface area contributed by atoms with Crippen LogP contribution < -0.4 is 10.4 Å². The Morgan fingerprint density at radius 3 is 2.11 bits per heavy atom. The van der Waals surface area contributed by atoms with E-state index in [1.165, 1.54) is 27.1 Å². The van der Waals surface area contributed by atoms with Gasteiger partial charge in [-0.3, -0.25) is 0 Å². The molecule has 1 aliphatic carbocycles. The predicted molar refractivity (Wildman–Crippen MR) is 163 cm³/mol. The van der Waals surface area contributed by atoms with Crippen LogP contribution >= 0.6 is 0 Å². The third kappa shape index (κ3) is 6.30. The van der Waals surface area contributed by atoms with Crippen molar-refractivity contribution < 1.29 is 14.0 Å². The summed E-state index contributed by atoms with van der Waals surface area (Å²) in [7, 11) is -0.739. The van der Waals surface area contributed by atoms with Gasteiger partial charge in [0.15, 0.2) is 0 Å². The first-order chi connectivity index (χ1) is 18.0. The van der Waals surface area contributed by atoms with Gasteiger partial charge < -0.3 is 14.0 Å². The van der Waals surface area contributed by atoms with Crippen molar-refractivity contribution in [3.63, 3.8) is 0 Å². The highest BCUT2D eigenvalue weighted by Gasteiger charge is 2.50. The molecule has 0 heterocycles. The molecule has 0 fully saturated rings. The summed E-state index contributed by atoms with van der Waals surface area (Å²) >= 11 is 0. The van der Waals surface area contributed by atoms with Crippen LogP contribution in [0.15, 0.2) is 84.0 Å². The quantitative estimate of drug-likeness (QED) is 0.125. The maximum absolute atomic E-state index is 11.8. The van der Waals surface area contributed by atoms with Crippen molar-refractivity contribution in [2.24, 2.45) is 11.3 Å². The molecule has 4 heteroatoms. The molecule has 2 aromatic carbocycles. The van der Waals surface area contributed by atoms with Gasteiger partial charge in [-0.15, -0.1) is 0 Å². The summed E-state index contributed by atoms with van der Waals surface area (Å²) in [6.07, 6.45) is 5.55. The lowest BCUT2D eigenvalue weighted by Crippen LogP contribution is -2.66. The molecule has 0 N–H and O–H groups in total. The van der Waals surface area contributed by atoms with Crippen LogP contribution in [-0.2, 0) is 14.0 Å². The first kappa shape index (κ1) is 30.3. The maximum atomic E-state index is 11.8. The number of hydrogen-bond donors (Lipinski definition) is 0. The fraction of sp³-hybridized carbons (Fsp3) is 0.500. The molecule has 2 atom stereocenters. The highest BCUT2D eigenvalue weighted by Crippen LogP contribution is 2.47. The first-order valence-corrected chi connectivity index (χ1v) is 16.0. The van der Waals surface area contributed by atoms with Gasteiger partial charge in [-0.05, 0) is 65.4 Å². The highest BCUT2D eigenvalue weighted by molar-refractivity contribution is 6.99. The molecule has 3 rings (SSSR count). The number of carbonyl (C=O) groups is 1. The van der Waals surface area contributed by atoms with Gasteiger partial charge in [0.25, 0.3) is 8.32 Å². The molecule has 0 amide bonds. The summed E-state index contributed by atoms with van der Waals surface area (Å²) in [5, 5.41) is 2.59. The SMILES string of the molecule is C=C(CCCO[Si](c1ccccc1)(c1ccccc1)C(C)(C)C)CC(OC)C1=C(C)CCC(C=O)C1(C)C. The molecule has 1 aliphatic rings. The van der Waals surface area contributed by atoms with Gasteiger partial charge >= 0.3 is 0 Å². The van der Waals surface area contributed by atoms with Crippen molar-refractivity contribution in [3.8, 4) is 0 Å². The van der Waals surface area contributed by atoms with Gasteiger partial charge in [0.1, 0.15) is 6.29 Å². The highest BCUT2D eigenvalue weighted by atomic mass is 28.4. The number of rotatable bonds is 12. The third-order valence-electron chi connectivity index (χ3n) is 8.57. The van der Waals surface area contributed by atoms with Crippen LogP contribution in [0.1, 0.15) is 73.6 Å². The number of allylic oxidation sites excluding steroid dienone is 1. The van der Waals surface area contributed by atoms with E-state index >= 15 is 0 Å². The lowest BCUT2D eigenvalue weighted by atomic mass is 9.64. The van der Waals surface area contributed by atoms with E-state index in [1.54, 1.807) is 7.11 Å². The molecular formula is C34H48O3Si. The molecular weight excluding hydrogens is 484 g/mol. The van der Waals surface area contributed by atoms with E-state index in [2.05, 4.69) is 109 Å². The largest absolute Gasteiger partial charge is 0.407 e. The second kappa shape index (κ2) is 12.7. The summed E-state index contributed by atoms with van der Waals surface area (Å²) in [6.45, 7) is 18.6. The van der Waals surface area contributed by atoms with Crippen LogP contribution in [0.2, 0.25) is 5.04 Å². The van der Waals surface area contributed by atoms with Gasteiger partial charge in [0, 0.05) is 19.6 Å². The van der Waals surface area contributed by atoms with E-state index in [0.717, 1.165) is 38.4 Å². The zero-order valence-corrected chi connectivity index (χ0v) is 25.7. The van der Waals surface area contributed by atoms with Crippen molar-refractivity contribution >= 4 is 25.0 Å². The van der Waals surface area contributed by atoms with Crippen molar-refractivity contribution in [2.45, 2.75) is 84.8 Å². The van der Waals surface area contributed by atoms with Gasteiger partial charge in [0.05, 0.1) is 6.10 Å². The lowest BCUT2D eigenvalue weighted by molar-refractivity contribution is -0.114. The fourth-order valence-corrected chi connectivity index (χ4v) is 11.1. The summed E-state index contributed by atoms with van der Waals surface area (Å²) in [6, 6.07) is 21.6. The molecule has 0 saturated heterocycles. The van der Waals surface area contributed by atoms with Crippen molar-refractivity contribution in [1.82, 2.24) is 0 Å². The van der Waals surface area contributed by atoms with Gasteiger partial charge in [-0.1, -0.05) is 113 Å². The number of methoxy groups -OCH3 is 1. The van der Waals surface area contributed by atoms with Gasteiger partial charge in [-0.25, -0.2) is 0 Å². The number of benzene rings is 2. The van der Waals surface area contributed by atoms with Gasteiger partial charge in [0.2, 0.25) is 0 Å². The minimum absolute atomic E-state index is 0.0282. The van der Waals surface area contributed by atoms with E-state index in [-0.39, 0.29) is 22.5 Å². The smallest absolute Gasteiger partial charge is 0.261 e. The molecule has 0 aromatic heterocycles. The third-order valence-corrected chi connectivity index (χ3v) is 13.6. The minimum Gasteiger partial charge on any atom is -0.407 e. The molecule has 0 saturated carbocycles. The Kier molecular flexibility index (Phi) is 10.1. The minimum atomic E-state index is -2.52. The van der Waals surface area contributed by atoms with Crippen LogP contribution in [0.25, 0.3) is 0 Å². The van der Waals surface area contributed by atoms with Crippen LogP contribution in [0, 0.1) is 11.3 Å². The molecule has 206 valence electrons. The number of hydrogen-bond acceptors (Lipinski definition) is 3. The summed E-state index contributed by atoms with van der Waals surface area (Å²) in [5.41, 5.74) is 3.63. The second-order valence-electron chi connectivity index (χ2n) is 12.5. The summed E-state index contributed by atoms with van der Waals surface area (Å²) < 4.78 is 13.1. The number of ether oxygens (including phenoxy) is 1. The average Bonchev–Trinajstić information content (AvgIpc) is 2.88. The Bertz CT molecular complexity index is 1060. The molecule has 0 aliphatic heterocycles. The Labute approximate surface area is 232 Å². The summed E-state index contributed by atoms with van der Waals surface area (Å²) in [5.74, 6) is 0.0342. The first-order valence-electron chi connectivity index (χ1n) is 14.1. The molecule has 2 aromatic rings. The second-order valence-corrected chi connectivity index (χ2v) is 16.8. The van der Waals surface area contributed by atoms with Crippen molar-refractivity contribution in [2.75, 3.05) is 13.7 Å². The van der Waals surface area contributed by atoms with E-state index in [9.17, 15) is 4.79 Å². The summed E-state index contributed by atoms with van der Waals surface area (Å²) in [4.78, 5) is 11.8.